The van der Waals surface area contributed by atoms with E-state index in [0.717, 1.165) is 44.5 Å². The van der Waals surface area contributed by atoms with Gasteiger partial charge < -0.3 is 15.4 Å². The molecule has 0 fully saturated rings. The molecule has 0 amide bonds. The summed E-state index contributed by atoms with van der Waals surface area (Å²) < 4.78 is 5.36. The maximum Gasteiger partial charge on any atom is 0.187 e. The minimum Gasteiger partial charge on any atom is -0.495 e. The predicted molar refractivity (Wildman–Crippen MR) is 98.4 cm³/mol. The van der Waals surface area contributed by atoms with Crippen LogP contribution >= 0.6 is 22.7 Å². The fourth-order valence-corrected chi connectivity index (χ4v) is 3.94. The van der Waals surface area contributed by atoms with Crippen molar-refractivity contribution in [3.8, 4) is 16.3 Å². The Morgan fingerprint density at radius 3 is 2.78 bits per heavy atom. The van der Waals surface area contributed by atoms with Crippen LogP contribution in [0.5, 0.6) is 5.75 Å². The second-order valence-electron chi connectivity index (χ2n) is 4.83. The smallest absolute Gasteiger partial charge is 0.187 e. The van der Waals surface area contributed by atoms with Gasteiger partial charge in [0, 0.05) is 11.9 Å². The number of nitrogens with one attached hydrogen (secondary N) is 2. The molecule has 3 aromatic rings. The Labute approximate surface area is 143 Å². The molecule has 0 bridgehead atoms. The Kier molecular flexibility index (Phi) is 4.78. The number of methoxy groups -OCH3 is 1. The molecule has 5 nitrogen and oxygen atoms in total. The van der Waals surface area contributed by atoms with Gasteiger partial charge in [0.25, 0.3) is 0 Å². The van der Waals surface area contributed by atoms with E-state index in [0.29, 0.717) is 0 Å². The fraction of sp³-hybridized carbons (Fsp3) is 0.250. The number of ether oxygens (including phenoxy) is 1. The third-order valence-electron chi connectivity index (χ3n) is 3.21. The molecular formula is C16H18N4OS2. The monoisotopic (exact) mass is 346 g/mol. The SMILES string of the molecule is CCNc1nc(C)c(-c2csc(Nc3ccccc3OC)n2)s1. The van der Waals surface area contributed by atoms with Crippen molar-refractivity contribution < 1.29 is 4.74 Å². The number of aromatic nitrogens is 2. The second-order valence-corrected chi connectivity index (χ2v) is 6.68. The molecule has 0 saturated carbocycles. The highest BCUT2D eigenvalue weighted by Crippen LogP contribution is 2.36. The van der Waals surface area contributed by atoms with Crippen LogP contribution in [-0.2, 0) is 0 Å². The molecule has 0 spiro atoms. The summed E-state index contributed by atoms with van der Waals surface area (Å²) in [4.78, 5) is 10.3. The minimum absolute atomic E-state index is 0.799. The van der Waals surface area contributed by atoms with Crippen molar-refractivity contribution in [2.24, 2.45) is 0 Å². The van der Waals surface area contributed by atoms with Gasteiger partial charge in [0.15, 0.2) is 10.3 Å². The number of hydrogen-bond acceptors (Lipinski definition) is 7. The van der Waals surface area contributed by atoms with Gasteiger partial charge in [-0.3, -0.25) is 0 Å². The van der Waals surface area contributed by atoms with Gasteiger partial charge in [-0.15, -0.1) is 11.3 Å². The van der Waals surface area contributed by atoms with E-state index in [1.54, 1.807) is 29.8 Å². The van der Waals surface area contributed by atoms with E-state index in [-0.39, 0.29) is 0 Å². The van der Waals surface area contributed by atoms with Crippen molar-refractivity contribution in [3.05, 3.63) is 35.3 Å². The number of nitrogens with zero attached hydrogens (tertiary/aromatic N) is 2. The molecule has 0 aliphatic heterocycles. The van der Waals surface area contributed by atoms with Gasteiger partial charge in [0.1, 0.15) is 5.75 Å². The Bertz CT molecular complexity index is 797. The van der Waals surface area contributed by atoms with Gasteiger partial charge in [0.05, 0.1) is 29.1 Å². The van der Waals surface area contributed by atoms with Crippen molar-refractivity contribution in [2.45, 2.75) is 13.8 Å². The molecule has 2 heterocycles. The predicted octanol–water partition coefficient (Wildman–Crippen LogP) is 4.76. The number of hydrogen-bond donors (Lipinski definition) is 2. The molecular weight excluding hydrogens is 328 g/mol. The first-order valence-electron chi connectivity index (χ1n) is 7.28. The molecule has 1 aromatic carbocycles. The normalized spacial score (nSPS) is 10.6. The maximum atomic E-state index is 5.36. The Hall–Kier alpha value is -2.12. The van der Waals surface area contributed by atoms with Gasteiger partial charge in [-0.05, 0) is 26.0 Å². The third kappa shape index (κ3) is 3.46. The molecule has 0 radical (unpaired) electrons. The van der Waals surface area contributed by atoms with Crippen LogP contribution in [0.2, 0.25) is 0 Å². The van der Waals surface area contributed by atoms with Crippen LogP contribution in [0.25, 0.3) is 10.6 Å². The second kappa shape index (κ2) is 6.97. The van der Waals surface area contributed by atoms with E-state index in [1.165, 1.54) is 0 Å². The average Bonchev–Trinajstić information content (AvgIpc) is 3.15. The number of thiazole rings is 2. The van der Waals surface area contributed by atoms with Gasteiger partial charge in [-0.25, -0.2) is 9.97 Å². The lowest BCUT2D eigenvalue weighted by Crippen LogP contribution is -1.94. The molecule has 23 heavy (non-hydrogen) atoms. The topological polar surface area (TPSA) is 59.1 Å². The van der Waals surface area contributed by atoms with Crippen molar-refractivity contribution in [3.63, 3.8) is 0 Å². The first-order valence-corrected chi connectivity index (χ1v) is 8.98. The summed E-state index contributed by atoms with van der Waals surface area (Å²) in [6, 6.07) is 7.81. The molecule has 0 aliphatic rings. The number of para-hydroxylation sites is 2. The Balaban J connectivity index is 1.83. The molecule has 0 aliphatic carbocycles. The van der Waals surface area contributed by atoms with Crippen LogP contribution in [0.4, 0.5) is 16.0 Å². The molecule has 3 rings (SSSR count). The highest BCUT2D eigenvalue weighted by molar-refractivity contribution is 7.19. The molecule has 7 heteroatoms. The summed E-state index contributed by atoms with van der Waals surface area (Å²) in [6.07, 6.45) is 0. The van der Waals surface area contributed by atoms with E-state index < -0.39 is 0 Å². The summed E-state index contributed by atoms with van der Waals surface area (Å²) in [6.45, 7) is 4.94. The molecule has 120 valence electrons. The zero-order valence-electron chi connectivity index (χ0n) is 13.2. The lowest BCUT2D eigenvalue weighted by Gasteiger charge is -2.07. The van der Waals surface area contributed by atoms with Crippen molar-refractivity contribution in [1.82, 2.24) is 9.97 Å². The number of rotatable bonds is 6. The van der Waals surface area contributed by atoms with Gasteiger partial charge in [-0.2, -0.15) is 0 Å². The van der Waals surface area contributed by atoms with E-state index in [9.17, 15) is 0 Å². The lowest BCUT2D eigenvalue weighted by atomic mass is 10.3. The maximum absolute atomic E-state index is 5.36. The van der Waals surface area contributed by atoms with E-state index in [4.69, 9.17) is 4.74 Å². The van der Waals surface area contributed by atoms with Gasteiger partial charge >= 0.3 is 0 Å². The molecule has 0 saturated heterocycles. The zero-order valence-corrected chi connectivity index (χ0v) is 14.8. The minimum atomic E-state index is 0.799. The summed E-state index contributed by atoms with van der Waals surface area (Å²) in [5, 5.41) is 10.4. The van der Waals surface area contributed by atoms with Gasteiger partial charge in [-0.1, -0.05) is 23.5 Å². The van der Waals surface area contributed by atoms with Crippen molar-refractivity contribution in [1.29, 1.82) is 0 Å². The fourth-order valence-electron chi connectivity index (χ4n) is 2.16. The third-order valence-corrected chi connectivity index (χ3v) is 5.11. The highest BCUT2D eigenvalue weighted by atomic mass is 32.1. The first kappa shape index (κ1) is 15.8. The van der Waals surface area contributed by atoms with E-state index >= 15 is 0 Å². The van der Waals surface area contributed by atoms with Crippen LogP contribution in [-0.4, -0.2) is 23.6 Å². The van der Waals surface area contributed by atoms with Crippen LogP contribution in [0.1, 0.15) is 12.6 Å². The van der Waals surface area contributed by atoms with Crippen LogP contribution < -0.4 is 15.4 Å². The number of aryl methyl sites for hydroxylation is 1. The lowest BCUT2D eigenvalue weighted by molar-refractivity contribution is 0.417. The van der Waals surface area contributed by atoms with E-state index in [2.05, 4.69) is 27.5 Å². The zero-order chi connectivity index (χ0) is 16.2. The molecule has 0 atom stereocenters. The Morgan fingerprint density at radius 1 is 1.17 bits per heavy atom. The quantitative estimate of drug-likeness (QED) is 0.674. The highest BCUT2D eigenvalue weighted by Gasteiger charge is 2.13. The number of anilines is 3. The van der Waals surface area contributed by atoms with Crippen LogP contribution in [0.15, 0.2) is 29.6 Å². The van der Waals surface area contributed by atoms with Crippen LogP contribution in [0, 0.1) is 6.92 Å². The van der Waals surface area contributed by atoms with Crippen molar-refractivity contribution in [2.75, 3.05) is 24.3 Å². The van der Waals surface area contributed by atoms with Crippen LogP contribution in [0.3, 0.4) is 0 Å². The van der Waals surface area contributed by atoms with E-state index in [1.807, 2.05) is 36.6 Å². The Morgan fingerprint density at radius 2 is 2.00 bits per heavy atom. The van der Waals surface area contributed by atoms with Crippen molar-refractivity contribution >= 4 is 38.6 Å². The standard InChI is InChI=1S/C16H18N4OS2/c1-4-17-15-18-10(2)14(23-15)12-9-22-16(20-12)19-11-7-5-6-8-13(11)21-3/h5-9H,4H2,1-3H3,(H,17,18)(H,19,20). The average molecular weight is 346 g/mol. The molecule has 2 N–H and O–H groups in total. The van der Waals surface area contributed by atoms with Gasteiger partial charge in [0.2, 0.25) is 0 Å². The largest absolute Gasteiger partial charge is 0.495 e. The summed E-state index contributed by atoms with van der Waals surface area (Å²) in [7, 11) is 1.66. The summed E-state index contributed by atoms with van der Waals surface area (Å²) in [5.41, 5.74) is 2.86. The summed E-state index contributed by atoms with van der Waals surface area (Å²) in [5.74, 6) is 0.799. The number of benzene rings is 1. The molecule has 0 unspecified atom stereocenters. The summed E-state index contributed by atoms with van der Waals surface area (Å²) >= 11 is 3.20. The molecule has 2 aromatic heterocycles. The first-order chi connectivity index (χ1) is 11.2.